The van der Waals surface area contributed by atoms with Gasteiger partial charge in [-0.3, -0.25) is 9.78 Å². The molecule has 3 rings (SSSR count). The molecule has 3 nitrogen and oxygen atoms in total. The Morgan fingerprint density at radius 3 is 2.58 bits per heavy atom. The lowest BCUT2D eigenvalue weighted by Crippen LogP contribution is -2.23. The minimum absolute atomic E-state index is 0.155. The van der Waals surface area contributed by atoms with Gasteiger partial charge in [0.05, 0.1) is 6.20 Å². The summed E-state index contributed by atoms with van der Waals surface area (Å²) in [5.74, 6) is -0.185. The van der Waals surface area contributed by atoms with Gasteiger partial charge in [0, 0.05) is 30.4 Å². The topological polar surface area (TPSA) is 33.2 Å². The summed E-state index contributed by atoms with van der Waals surface area (Å²) in [5.41, 5.74) is 2.19. The highest BCUT2D eigenvalue weighted by Crippen LogP contribution is 2.26. The lowest BCUT2D eigenvalue weighted by Gasteiger charge is -2.16. The van der Waals surface area contributed by atoms with Gasteiger partial charge in [-0.25, -0.2) is 4.39 Å². The average molecular weight is 256 g/mol. The number of hydrogen-bond donors (Lipinski definition) is 0. The fraction of sp³-hybridized carbons (Fsp3) is 0.200. The van der Waals surface area contributed by atoms with Crippen LogP contribution >= 0.6 is 0 Å². The van der Waals surface area contributed by atoms with Crippen molar-refractivity contribution in [1.29, 1.82) is 0 Å². The summed E-state index contributed by atoms with van der Waals surface area (Å²) < 4.78 is 13.6. The van der Waals surface area contributed by atoms with Gasteiger partial charge < -0.3 is 4.90 Å². The summed E-state index contributed by atoms with van der Waals surface area (Å²) in [4.78, 5) is 17.1. The van der Waals surface area contributed by atoms with E-state index in [9.17, 15) is 9.18 Å². The Morgan fingerprint density at radius 1 is 1.16 bits per heavy atom. The van der Waals surface area contributed by atoms with E-state index in [1.807, 2.05) is 24.3 Å². The van der Waals surface area contributed by atoms with E-state index in [4.69, 9.17) is 0 Å². The van der Waals surface area contributed by atoms with Crippen molar-refractivity contribution in [3.05, 3.63) is 48.5 Å². The van der Waals surface area contributed by atoms with Crippen LogP contribution in [0.15, 0.2) is 42.7 Å². The molecule has 4 heteroatoms. The van der Waals surface area contributed by atoms with Gasteiger partial charge in [-0.1, -0.05) is 12.1 Å². The first-order valence-corrected chi connectivity index (χ1v) is 6.26. The Labute approximate surface area is 110 Å². The van der Waals surface area contributed by atoms with Crippen molar-refractivity contribution in [2.45, 2.75) is 12.8 Å². The highest BCUT2D eigenvalue weighted by Gasteiger charge is 2.21. The van der Waals surface area contributed by atoms with E-state index in [1.165, 1.54) is 6.20 Å². The maximum absolute atomic E-state index is 13.6. The monoisotopic (exact) mass is 256 g/mol. The van der Waals surface area contributed by atoms with Crippen molar-refractivity contribution in [2.75, 3.05) is 11.4 Å². The second kappa shape index (κ2) is 4.80. The van der Waals surface area contributed by atoms with E-state index in [0.717, 1.165) is 24.2 Å². The smallest absolute Gasteiger partial charge is 0.227 e. The van der Waals surface area contributed by atoms with E-state index >= 15 is 0 Å². The van der Waals surface area contributed by atoms with Gasteiger partial charge in [-0.05, 0) is 30.2 Å². The van der Waals surface area contributed by atoms with E-state index in [1.54, 1.807) is 17.2 Å². The maximum Gasteiger partial charge on any atom is 0.227 e. The van der Waals surface area contributed by atoms with Crippen molar-refractivity contribution >= 4 is 11.6 Å². The largest absolute Gasteiger partial charge is 0.312 e. The molecule has 1 aromatic carbocycles. The van der Waals surface area contributed by atoms with Gasteiger partial charge in [0.1, 0.15) is 5.82 Å². The molecule has 0 spiro atoms. The molecule has 1 aliphatic rings. The van der Waals surface area contributed by atoms with Crippen LogP contribution in [0.1, 0.15) is 12.8 Å². The maximum atomic E-state index is 13.6. The van der Waals surface area contributed by atoms with Crippen molar-refractivity contribution < 1.29 is 9.18 Å². The van der Waals surface area contributed by atoms with Crippen LogP contribution in [0.25, 0.3) is 11.1 Å². The first kappa shape index (κ1) is 11.8. The molecule has 2 heterocycles. The fourth-order valence-corrected chi connectivity index (χ4v) is 2.35. The molecule has 96 valence electrons. The Balaban J connectivity index is 1.91. The lowest BCUT2D eigenvalue weighted by atomic mass is 10.1. The highest BCUT2D eigenvalue weighted by molar-refractivity contribution is 5.95. The van der Waals surface area contributed by atoms with Gasteiger partial charge >= 0.3 is 0 Å². The number of benzene rings is 1. The molecule has 0 radical (unpaired) electrons. The normalized spacial score (nSPS) is 15.0. The van der Waals surface area contributed by atoms with E-state index in [2.05, 4.69) is 4.98 Å². The van der Waals surface area contributed by atoms with Gasteiger partial charge in [0.15, 0.2) is 0 Å². The fourth-order valence-electron chi connectivity index (χ4n) is 2.35. The SMILES string of the molecule is O=C1CCCN1c1ccc(-c2ccncc2F)cc1. The van der Waals surface area contributed by atoms with Crippen LogP contribution in [-0.4, -0.2) is 17.4 Å². The third kappa shape index (κ3) is 2.21. The molecule has 0 N–H and O–H groups in total. The number of aromatic nitrogens is 1. The van der Waals surface area contributed by atoms with Crippen molar-refractivity contribution in [2.24, 2.45) is 0 Å². The summed E-state index contributed by atoms with van der Waals surface area (Å²) in [6.45, 7) is 0.766. The van der Waals surface area contributed by atoms with Gasteiger partial charge in [0.25, 0.3) is 0 Å². The number of pyridine rings is 1. The quantitative estimate of drug-likeness (QED) is 0.827. The number of anilines is 1. The van der Waals surface area contributed by atoms with Crippen LogP contribution in [0.3, 0.4) is 0 Å². The zero-order valence-electron chi connectivity index (χ0n) is 10.3. The number of nitrogens with zero attached hydrogens (tertiary/aromatic N) is 2. The minimum Gasteiger partial charge on any atom is -0.312 e. The molecule has 0 atom stereocenters. The summed E-state index contributed by atoms with van der Waals surface area (Å²) in [7, 11) is 0. The molecule has 1 aliphatic heterocycles. The predicted molar refractivity (Wildman–Crippen MR) is 71.2 cm³/mol. The molecular weight excluding hydrogens is 243 g/mol. The number of hydrogen-bond acceptors (Lipinski definition) is 2. The molecule has 0 saturated carbocycles. The number of halogens is 1. The number of amides is 1. The Kier molecular flexibility index (Phi) is 2.99. The highest BCUT2D eigenvalue weighted by atomic mass is 19.1. The first-order chi connectivity index (χ1) is 9.25. The molecule has 19 heavy (non-hydrogen) atoms. The van der Waals surface area contributed by atoms with Crippen molar-refractivity contribution in [1.82, 2.24) is 4.98 Å². The molecule has 1 amide bonds. The Morgan fingerprint density at radius 2 is 1.95 bits per heavy atom. The van der Waals surface area contributed by atoms with Crippen LogP contribution in [0.5, 0.6) is 0 Å². The van der Waals surface area contributed by atoms with Crippen LogP contribution in [-0.2, 0) is 4.79 Å². The average Bonchev–Trinajstić information content (AvgIpc) is 2.86. The number of rotatable bonds is 2. The molecule has 1 saturated heterocycles. The molecule has 0 aliphatic carbocycles. The second-order valence-corrected chi connectivity index (χ2v) is 4.55. The number of carbonyl (C=O) groups excluding carboxylic acids is 1. The predicted octanol–water partition coefficient (Wildman–Crippen LogP) is 3.01. The number of carbonyl (C=O) groups is 1. The van der Waals surface area contributed by atoms with E-state index in [-0.39, 0.29) is 11.7 Å². The van der Waals surface area contributed by atoms with Crippen LogP contribution in [0.2, 0.25) is 0 Å². The molecule has 1 fully saturated rings. The molecular formula is C15H13FN2O. The molecule has 1 aromatic heterocycles. The minimum atomic E-state index is -0.340. The first-order valence-electron chi connectivity index (χ1n) is 6.26. The lowest BCUT2D eigenvalue weighted by molar-refractivity contribution is -0.117. The zero-order chi connectivity index (χ0) is 13.2. The molecule has 2 aromatic rings. The summed E-state index contributed by atoms with van der Waals surface area (Å²) >= 11 is 0. The van der Waals surface area contributed by atoms with Crippen LogP contribution < -0.4 is 4.90 Å². The van der Waals surface area contributed by atoms with E-state index in [0.29, 0.717) is 12.0 Å². The zero-order valence-corrected chi connectivity index (χ0v) is 10.3. The summed E-state index contributed by atoms with van der Waals surface area (Å²) in [6, 6.07) is 9.03. The van der Waals surface area contributed by atoms with Gasteiger partial charge in [0.2, 0.25) is 5.91 Å². The molecule has 0 bridgehead atoms. The third-order valence-electron chi connectivity index (χ3n) is 3.34. The van der Waals surface area contributed by atoms with Crippen LogP contribution in [0.4, 0.5) is 10.1 Å². The molecule has 0 unspecified atom stereocenters. The summed E-state index contributed by atoms with van der Waals surface area (Å²) in [6.07, 6.45) is 4.28. The summed E-state index contributed by atoms with van der Waals surface area (Å²) in [5, 5.41) is 0. The second-order valence-electron chi connectivity index (χ2n) is 4.55. The van der Waals surface area contributed by atoms with E-state index < -0.39 is 0 Å². The Hall–Kier alpha value is -2.23. The Bertz CT molecular complexity index is 610. The third-order valence-corrected chi connectivity index (χ3v) is 3.34. The van der Waals surface area contributed by atoms with Crippen LogP contribution in [0, 0.1) is 5.82 Å². The van der Waals surface area contributed by atoms with Gasteiger partial charge in [-0.15, -0.1) is 0 Å². The van der Waals surface area contributed by atoms with Crippen molar-refractivity contribution in [3.8, 4) is 11.1 Å². The van der Waals surface area contributed by atoms with Crippen molar-refractivity contribution in [3.63, 3.8) is 0 Å². The van der Waals surface area contributed by atoms with Gasteiger partial charge in [-0.2, -0.15) is 0 Å². The standard InChI is InChI=1S/C15H13FN2O/c16-14-10-17-8-7-13(14)11-3-5-12(6-4-11)18-9-1-2-15(18)19/h3-8,10H,1-2,9H2.